The topological polar surface area (TPSA) is 29.1 Å². The van der Waals surface area contributed by atoms with Crippen molar-refractivity contribution in [3.8, 4) is 0 Å². The summed E-state index contributed by atoms with van der Waals surface area (Å²) in [6.45, 7) is 8.46. The fraction of sp³-hybridized carbons (Fsp3) is 0.667. The van der Waals surface area contributed by atoms with Crippen molar-refractivity contribution >= 4 is 5.91 Å². The van der Waals surface area contributed by atoms with E-state index in [-0.39, 0.29) is 11.8 Å². The van der Waals surface area contributed by atoms with Gasteiger partial charge in [-0.3, -0.25) is 4.79 Å². The zero-order valence-electron chi connectivity index (χ0n) is 7.77. The van der Waals surface area contributed by atoms with Crippen LogP contribution in [0.15, 0.2) is 11.6 Å². The van der Waals surface area contributed by atoms with Gasteiger partial charge in [0.1, 0.15) is 0 Å². The van der Waals surface area contributed by atoms with Gasteiger partial charge in [-0.1, -0.05) is 25.5 Å². The van der Waals surface area contributed by atoms with Crippen molar-refractivity contribution in [3.05, 3.63) is 11.6 Å². The van der Waals surface area contributed by atoms with Crippen molar-refractivity contribution in [3.63, 3.8) is 0 Å². The molecule has 2 heteroatoms. The standard InChI is InChI=1S/C9H17NO/c1-7(2)5-6-10-9(11)8(3)4/h5,8H,6H2,1-4H3,(H,10,11). The molecule has 0 saturated carbocycles. The number of hydrogen-bond acceptors (Lipinski definition) is 1. The molecule has 0 aliphatic rings. The number of rotatable bonds is 3. The Bertz CT molecular complexity index is 155. The first kappa shape index (κ1) is 10.2. The van der Waals surface area contributed by atoms with Crippen LogP contribution in [0, 0.1) is 5.92 Å². The predicted molar refractivity (Wildman–Crippen MR) is 47.3 cm³/mol. The summed E-state index contributed by atoms with van der Waals surface area (Å²) in [5.41, 5.74) is 1.23. The lowest BCUT2D eigenvalue weighted by atomic mass is 10.2. The summed E-state index contributed by atoms with van der Waals surface area (Å²) in [7, 11) is 0. The first-order chi connectivity index (χ1) is 5.04. The van der Waals surface area contributed by atoms with E-state index in [1.54, 1.807) is 0 Å². The summed E-state index contributed by atoms with van der Waals surface area (Å²) in [6.07, 6.45) is 2.00. The van der Waals surface area contributed by atoms with Crippen LogP contribution in [0.25, 0.3) is 0 Å². The van der Waals surface area contributed by atoms with E-state index in [9.17, 15) is 4.79 Å². The molecule has 0 aliphatic carbocycles. The molecule has 11 heavy (non-hydrogen) atoms. The van der Waals surface area contributed by atoms with E-state index in [4.69, 9.17) is 0 Å². The SMILES string of the molecule is CC(C)=CCNC(=O)C(C)C. The maximum Gasteiger partial charge on any atom is 0.222 e. The fourth-order valence-electron chi connectivity index (χ4n) is 0.560. The Morgan fingerprint density at radius 3 is 2.36 bits per heavy atom. The Hall–Kier alpha value is -0.790. The molecule has 0 spiro atoms. The van der Waals surface area contributed by atoms with E-state index in [0.717, 1.165) is 0 Å². The molecule has 0 atom stereocenters. The number of carbonyl (C=O) groups is 1. The molecule has 0 heterocycles. The molecule has 0 radical (unpaired) electrons. The Labute approximate surface area is 68.7 Å². The number of hydrogen-bond donors (Lipinski definition) is 1. The predicted octanol–water partition coefficient (Wildman–Crippen LogP) is 1.72. The van der Waals surface area contributed by atoms with Gasteiger partial charge in [-0.15, -0.1) is 0 Å². The zero-order valence-corrected chi connectivity index (χ0v) is 7.77. The van der Waals surface area contributed by atoms with Crippen molar-refractivity contribution in [2.45, 2.75) is 27.7 Å². The maximum absolute atomic E-state index is 11.0. The number of nitrogens with one attached hydrogen (secondary N) is 1. The molecule has 0 aliphatic heterocycles. The molecule has 2 nitrogen and oxygen atoms in total. The number of carbonyl (C=O) groups excluding carboxylic acids is 1. The van der Waals surface area contributed by atoms with Crippen molar-refractivity contribution < 1.29 is 4.79 Å². The third-order valence-corrected chi connectivity index (χ3v) is 1.31. The Kier molecular flexibility index (Phi) is 4.59. The largest absolute Gasteiger partial charge is 0.352 e. The Morgan fingerprint density at radius 1 is 1.45 bits per heavy atom. The second kappa shape index (κ2) is 4.94. The molecule has 0 aromatic heterocycles. The molecule has 0 bridgehead atoms. The summed E-state index contributed by atoms with van der Waals surface area (Å²) in [5.74, 6) is 0.197. The van der Waals surface area contributed by atoms with E-state index in [1.807, 2.05) is 33.8 Å². The molecule has 0 aromatic carbocycles. The van der Waals surface area contributed by atoms with Crippen LogP contribution in [0.1, 0.15) is 27.7 Å². The van der Waals surface area contributed by atoms with Crippen molar-refractivity contribution in [1.82, 2.24) is 5.32 Å². The van der Waals surface area contributed by atoms with Gasteiger partial charge in [-0.05, 0) is 13.8 Å². The van der Waals surface area contributed by atoms with Crippen LogP contribution in [0.5, 0.6) is 0 Å². The third kappa shape index (κ3) is 5.64. The first-order valence-corrected chi connectivity index (χ1v) is 3.95. The van der Waals surface area contributed by atoms with Crippen molar-refractivity contribution in [1.29, 1.82) is 0 Å². The minimum absolute atomic E-state index is 0.0839. The molecule has 0 saturated heterocycles. The molecule has 0 rings (SSSR count). The van der Waals surface area contributed by atoms with Gasteiger partial charge in [0.2, 0.25) is 5.91 Å². The number of amides is 1. The summed E-state index contributed by atoms with van der Waals surface area (Å²) in [6, 6.07) is 0. The molecule has 0 fully saturated rings. The summed E-state index contributed by atoms with van der Waals surface area (Å²) in [5, 5.41) is 2.80. The average Bonchev–Trinajstić information content (AvgIpc) is 1.86. The highest BCUT2D eigenvalue weighted by Crippen LogP contribution is 1.91. The van der Waals surface area contributed by atoms with Crippen LogP contribution in [0.2, 0.25) is 0 Å². The van der Waals surface area contributed by atoms with Gasteiger partial charge in [0.05, 0.1) is 0 Å². The van der Waals surface area contributed by atoms with Crippen molar-refractivity contribution in [2.75, 3.05) is 6.54 Å². The number of allylic oxidation sites excluding steroid dienone is 1. The molecule has 64 valence electrons. The lowest BCUT2D eigenvalue weighted by Crippen LogP contribution is -2.27. The molecular formula is C9H17NO. The summed E-state index contributed by atoms with van der Waals surface area (Å²) < 4.78 is 0. The van der Waals surface area contributed by atoms with Gasteiger partial charge >= 0.3 is 0 Å². The van der Waals surface area contributed by atoms with Crippen molar-refractivity contribution in [2.24, 2.45) is 5.92 Å². The lowest BCUT2D eigenvalue weighted by molar-refractivity contribution is -0.123. The first-order valence-electron chi connectivity index (χ1n) is 3.95. The fourth-order valence-corrected chi connectivity index (χ4v) is 0.560. The van der Waals surface area contributed by atoms with Gasteiger partial charge in [-0.2, -0.15) is 0 Å². The van der Waals surface area contributed by atoms with Gasteiger partial charge in [0, 0.05) is 12.5 Å². The van der Waals surface area contributed by atoms with Gasteiger partial charge in [-0.25, -0.2) is 0 Å². The average molecular weight is 155 g/mol. The van der Waals surface area contributed by atoms with Crippen LogP contribution in [-0.4, -0.2) is 12.5 Å². The van der Waals surface area contributed by atoms with Crippen LogP contribution >= 0.6 is 0 Å². The molecule has 0 unspecified atom stereocenters. The monoisotopic (exact) mass is 155 g/mol. The molecule has 1 amide bonds. The minimum atomic E-state index is 0.0839. The highest BCUT2D eigenvalue weighted by molar-refractivity contribution is 5.77. The zero-order chi connectivity index (χ0) is 8.85. The second-order valence-corrected chi connectivity index (χ2v) is 3.18. The van der Waals surface area contributed by atoms with Crippen LogP contribution in [-0.2, 0) is 4.79 Å². The van der Waals surface area contributed by atoms with Gasteiger partial charge in [0.25, 0.3) is 0 Å². The van der Waals surface area contributed by atoms with Gasteiger partial charge < -0.3 is 5.32 Å². The quantitative estimate of drug-likeness (QED) is 0.618. The molecule has 1 N–H and O–H groups in total. The normalized spacial score (nSPS) is 9.55. The van der Waals surface area contributed by atoms with Crippen LogP contribution in [0.4, 0.5) is 0 Å². The maximum atomic E-state index is 11.0. The Balaban J connectivity index is 3.56. The van der Waals surface area contributed by atoms with E-state index in [0.29, 0.717) is 6.54 Å². The van der Waals surface area contributed by atoms with Crippen LogP contribution < -0.4 is 5.32 Å². The summed E-state index contributed by atoms with van der Waals surface area (Å²) in [4.78, 5) is 11.0. The third-order valence-electron chi connectivity index (χ3n) is 1.31. The van der Waals surface area contributed by atoms with E-state index in [1.165, 1.54) is 5.57 Å². The summed E-state index contributed by atoms with van der Waals surface area (Å²) >= 11 is 0. The lowest BCUT2D eigenvalue weighted by Gasteiger charge is -2.04. The smallest absolute Gasteiger partial charge is 0.222 e. The molecular weight excluding hydrogens is 138 g/mol. The highest BCUT2D eigenvalue weighted by atomic mass is 16.1. The minimum Gasteiger partial charge on any atom is -0.352 e. The van der Waals surface area contributed by atoms with E-state index in [2.05, 4.69) is 5.32 Å². The van der Waals surface area contributed by atoms with Gasteiger partial charge in [0.15, 0.2) is 0 Å². The Morgan fingerprint density at radius 2 is 2.00 bits per heavy atom. The second-order valence-electron chi connectivity index (χ2n) is 3.18. The highest BCUT2D eigenvalue weighted by Gasteiger charge is 2.03. The van der Waals surface area contributed by atoms with E-state index < -0.39 is 0 Å². The van der Waals surface area contributed by atoms with E-state index >= 15 is 0 Å². The van der Waals surface area contributed by atoms with Crippen LogP contribution in [0.3, 0.4) is 0 Å². The molecule has 0 aromatic rings.